The smallest absolute Gasteiger partial charge is 0.259 e. The molecule has 1 amide bonds. The van der Waals surface area contributed by atoms with Gasteiger partial charge in [-0.1, -0.05) is 30.3 Å². The van der Waals surface area contributed by atoms with Gasteiger partial charge in [0.05, 0.1) is 37.5 Å². The van der Waals surface area contributed by atoms with Gasteiger partial charge in [0.2, 0.25) is 0 Å². The fourth-order valence-electron chi connectivity index (χ4n) is 4.23. The van der Waals surface area contributed by atoms with Gasteiger partial charge in [-0.05, 0) is 62.2 Å². The summed E-state index contributed by atoms with van der Waals surface area (Å²) in [5.41, 5.74) is 4.03. The van der Waals surface area contributed by atoms with Crippen LogP contribution in [0.25, 0.3) is 0 Å². The van der Waals surface area contributed by atoms with Crippen LogP contribution in [0.4, 0.5) is 5.69 Å². The van der Waals surface area contributed by atoms with Gasteiger partial charge in [0, 0.05) is 16.8 Å². The van der Waals surface area contributed by atoms with Crippen LogP contribution in [-0.2, 0) is 6.42 Å². The van der Waals surface area contributed by atoms with E-state index in [1.165, 1.54) is 7.11 Å². The molecule has 6 heteroatoms. The van der Waals surface area contributed by atoms with Gasteiger partial charge in [0.1, 0.15) is 11.5 Å². The second kappa shape index (κ2) is 9.51. The van der Waals surface area contributed by atoms with E-state index in [1.54, 1.807) is 55.6 Å². The number of carbonyl (C=O) groups excluding carboxylic acids is 2. The Kier molecular flexibility index (Phi) is 6.50. The molecule has 0 unspecified atom stereocenters. The first-order valence-corrected chi connectivity index (χ1v) is 11.1. The van der Waals surface area contributed by atoms with Gasteiger partial charge in [-0.25, -0.2) is 0 Å². The van der Waals surface area contributed by atoms with E-state index < -0.39 is 0 Å². The molecule has 1 N–H and O–H groups in total. The minimum Gasteiger partial charge on any atom is -0.497 e. The van der Waals surface area contributed by atoms with Crippen LogP contribution < -0.4 is 14.8 Å². The third kappa shape index (κ3) is 5.01. The number of hydrogen-bond acceptors (Lipinski definition) is 5. The zero-order valence-electron chi connectivity index (χ0n) is 19.8. The number of methoxy groups -OCH3 is 2. The SMILES string of the molecule is COc1ccc2c(c1)C(CC(=O)c1cccc(NC(=O)c3ccccc3OC)c1)=NC(C)(C)C2. The van der Waals surface area contributed by atoms with Crippen LogP contribution in [0, 0.1) is 0 Å². The van der Waals surface area contributed by atoms with E-state index in [2.05, 4.69) is 19.2 Å². The molecule has 1 aliphatic rings. The number of fused-ring (bicyclic) bond motifs is 1. The fourth-order valence-corrected chi connectivity index (χ4v) is 4.23. The number of anilines is 1. The molecule has 0 spiro atoms. The van der Waals surface area contributed by atoms with Crippen LogP contribution in [0.2, 0.25) is 0 Å². The summed E-state index contributed by atoms with van der Waals surface area (Å²) < 4.78 is 10.7. The number of nitrogens with zero attached hydrogens (tertiary/aromatic N) is 1. The van der Waals surface area contributed by atoms with Crippen LogP contribution in [0.1, 0.15) is 52.1 Å². The first-order chi connectivity index (χ1) is 16.3. The Labute approximate surface area is 199 Å². The van der Waals surface area contributed by atoms with Crippen molar-refractivity contribution in [3.05, 3.63) is 89.0 Å². The lowest BCUT2D eigenvalue weighted by atomic mass is 9.85. The monoisotopic (exact) mass is 456 g/mol. The van der Waals surface area contributed by atoms with E-state index in [0.717, 1.165) is 29.0 Å². The fraction of sp³-hybridized carbons (Fsp3) is 0.250. The summed E-state index contributed by atoms with van der Waals surface area (Å²) in [7, 11) is 3.15. The molecule has 4 rings (SSSR count). The Morgan fingerprint density at radius 1 is 0.971 bits per heavy atom. The summed E-state index contributed by atoms with van der Waals surface area (Å²) in [5.74, 6) is 0.846. The van der Waals surface area contributed by atoms with Gasteiger partial charge in [-0.2, -0.15) is 0 Å². The number of benzene rings is 3. The number of ketones is 1. The Balaban J connectivity index is 1.56. The maximum Gasteiger partial charge on any atom is 0.259 e. The lowest BCUT2D eigenvalue weighted by molar-refractivity contribution is 0.0996. The largest absolute Gasteiger partial charge is 0.497 e. The maximum absolute atomic E-state index is 13.3. The van der Waals surface area contributed by atoms with Gasteiger partial charge in [-0.3, -0.25) is 14.6 Å². The molecule has 0 radical (unpaired) electrons. The molecule has 174 valence electrons. The summed E-state index contributed by atoms with van der Waals surface area (Å²) >= 11 is 0. The van der Waals surface area contributed by atoms with Crippen molar-refractivity contribution >= 4 is 23.1 Å². The second-order valence-corrected chi connectivity index (χ2v) is 8.91. The summed E-state index contributed by atoms with van der Waals surface area (Å²) in [6.45, 7) is 4.14. The van der Waals surface area contributed by atoms with E-state index >= 15 is 0 Å². The molecule has 1 aliphatic heterocycles. The van der Waals surface area contributed by atoms with Crippen molar-refractivity contribution < 1.29 is 19.1 Å². The van der Waals surface area contributed by atoms with Crippen molar-refractivity contribution in [1.29, 1.82) is 0 Å². The lowest BCUT2D eigenvalue weighted by Crippen LogP contribution is -2.30. The number of ether oxygens (including phenoxy) is 2. The maximum atomic E-state index is 13.3. The number of aliphatic imine (C=N–C) groups is 1. The van der Waals surface area contributed by atoms with Crippen LogP contribution in [0.3, 0.4) is 0 Å². The predicted molar refractivity (Wildman–Crippen MR) is 134 cm³/mol. The van der Waals surface area contributed by atoms with Crippen molar-refractivity contribution in [2.24, 2.45) is 4.99 Å². The quantitative estimate of drug-likeness (QED) is 0.486. The average Bonchev–Trinajstić information content (AvgIpc) is 2.83. The van der Waals surface area contributed by atoms with Crippen molar-refractivity contribution in [3.8, 4) is 11.5 Å². The zero-order valence-corrected chi connectivity index (χ0v) is 19.8. The zero-order chi connectivity index (χ0) is 24.3. The molecule has 0 bridgehead atoms. The number of para-hydroxylation sites is 1. The predicted octanol–water partition coefficient (Wildman–Crippen LogP) is 5.35. The van der Waals surface area contributed by atoms with Crippen molar-refractivity contribution in [2.45, 2.75) is 32.2 Å². The molecule has 0 saturated carbocycles. The highest BCUT2D eigenvalue weighted by Crippen LogP contribution is 2.31. The lowest BCUT2D eigenvalue weighted by Gasteiger charge is -2.29. The van der Waals surface area contributed by atoms with Crippen molar-refractivity contribution in [2.75, 3.05) is 19.5 Å². The van der Waals surface area contributed by atoms with Crippen molar-refractivity contribution in [3.63, 3.8) is 0 Å². The van der Waals surface area contributed by atoms with Crippen LogP contribution in [0.5, 0.6) is 11.5 Å². The number of hydrogen-bond donors (Lipinski definition) is 1. The van der Waals surface area contributed by atoms with Gasteiger partial charge >= 0.3 is 0 Å². The number of Topliss-reactive ketones (excluding diaryl/α,β-unsaturated/α-hetero) is 1. The Morgan fingerprint density at radius 3 is 2.53 bits per heavy atom. The molecule has 0 atom stereocenters. The minimum atomic E-state index is -0.304. The first-order valence-electron chi connectivity index (χ1n) is 11.1. The molecular weight excluding hydrogens is 428 g/mol. The second-order valence-electron chi connectivity index (χ2n) is 8.91. The molecule has 3 aromatic rings. The number of carbonyl (C=O) groups is 2. The number of rotatable bonds is 7. The Morgan fingerprint density at radius 2 is 1.76 bits per heavy atom. The van der Waals surface area contributed by atoms with Crippen LogP contribution in [-0.4, -0.2) is 37.2 Å². The van der Waals surface area contributed by atoms with Gasteiger partial charge in [0.15, 0.2) is 5.78 Å². The third-order valence-corrected chi connectivity index (χ3v) is 5.81. The molecule has 1 heterocycles. The van der Waals surface area contributed by atoms with Gasteiger partial charge < -0.3 is 14.8 Å². The molecule has 0 fully saturated rings. The average molecular weight is 457 g/mol. The summed E-state index contributed by atoms with van der Waals surface area (Å²) in [4.78, 5) is 30.9. The standard InChI is InChI=1S/C28H28N2O4/c1-28(2)17-19-12-13-21(33-3)15-23(19)24(30-28)16-25(31)18-8-7-9-20(14-18)29-27(32)22-10-5-6-11-26(22)34-4/h5-15H,16-17H2,1-4H3,(H,29,32). The van der Waals surface area contributed by atoms with Crippen molar-refractivity contribution in [1.82, 2.24) is 0 Å². The normalized spacial score (nSPS) is 13.9. The number of nitrogens with one attached hydrogen (secondary N) is 1. The molecule has 0 saturated heterocycles. The van der Waals surface area contributed by atoms with Crippen LogP contribution >= 0.6 is 0 Å². The van der Waals surface area contributed by atoms with E-state index in [-0.39, 0.29) is 23.7 Å². The van der Waals surface area contributed by atoms with Gasteiger partial charge in [0.25, 0.3) is 5.91 Å². The Bertz CT molecular complexity index is 1280. The summed E-state index contributed by atoms with van der Waals surface area (Å²) in [6, 6.07) is 19.9. The molecule has 0 aromatic heterocycles. The summed E-state index contributed by atoms with van der Waals surface area (Å²) in [6.07, 6.45) is 0.960. The molecule has 34 heavy (non-hydrogen) atoms. The number of amides is 1. The van der Waals surface area contributed by atoms with E-state index in [0.29, 0.717) is 22.6 Å². The first kappa shape index (κ1) is 23.2. The van der Waals surface area contributed by atoms with E-state index in [9.17, 15) is 9.59 Å². The molecule has 6 nitrogen and oxygen atoms in total. The van der Waals surface area contributed by atoms with Crippen LogP contribution in [0.15, 0.2) is 71.7 Å². The Hall–Kier alpha value is -3.93. The van der Waals surface area contributed by atoms with Gasteiger partial charge in [-0.15, -0.1) is 0 Å². The highest BCUT2D eigenvalue weighted by Gasteiger charge is 2.28. The van der Waals surface area contributed by atoms with E-state index in [4.69, 9.17) is 14.5 Å². The third-order valence-electron chi connectivity index (χ3n) is 5.81. The van der Waals surface area contributed by atoms with E-state index in [1.807, 2.05) is 18.2 Å². The molecular formula is C28H28N2O4. The summed E-state index contributed by atoms with van der Waals surface area (Å²) in [5, 5.41) is 2.86. The minimum absolute atomic E-state index is 0.0707. The topological polar surface area (TPSA) is 77.0 Å². The molecule has 3 aromatic carbocycles. The highest BCUT2D eigenvalue weighted by atomic mass is 16.5. The highest BCUT2D eigenvalue weighted by molar-refractivity contribution is 6.17. The molecule has 0 aliphatic carbocycles.